The van der Waals surface area contributed by atoms with Gasteiger partial charge in [-0.3, -0.25) is 9.08 Å². The molecule has 0 unspecified atom stereocenters. The molecule has 1 N–H and O–H groups in total. The summed E-state index contributed by atoms with van der Waals surface area (Å²) in [5, 5.41) is 9.23. The van der Waals surface area contributed by atoms with Gasteiger partial charge >= 0.3 is 0 Å². The molecule has 1 atom stereocenters. The predicted octanol–water partition coefficient (Wildman–Crippen LogP) is 4.12. The largest absolute Gasteiger partial charge is 0.317 e. The molecule has 26 heavy (non-hydrogen) atoms. The van der Waals surface area contributed by atoms with Crippen LogP contribution in [0.15, 0.2) is 30.7 Å². The van der Waals surface area contributed by atoms with Gasteiger partial charge in [-0.05, 0) is 62.5 Å². The van der Waals surface area contributed by atoms with E-state index in [9.17, 15) is 0 Å². The Bertz CT molecular complexity index is 1050. The fraction of sp³-hybridized carbons (Fsp3) is 0.400. The molecule has 0 radical (unpaired) electrons. The maximum atomic E-state index is 4.95. The molecular formula is C20H23N5S. The van der Waals surface area contributed by atoms with Gasteiger partial charge in [-0.25, -0.2) is 4.98 Å². The topological polar surface area (TPSA) is 47.1 Å². The number of fused-ring (bicyclic) bond motifs is 2. The molecule has 1 aromatic carbocycles. The lowest BCUT2D eigenvalue weighted by atomic mass is 9.98. The first-order valence-electron chi connectivity index (χ1n) is 9.31. The molecule has 1 fully saturated rings. The summed E-state index contributed by atoms with van der Waals surface area (Å²) < 4.78 is 4.09. The lowest BCUT2D eigenvalue weighted by Crippen LogP contribution is -2.13. The highest BCUT2D eigenvalue weighted by Gasteiger charge is 2.18. The van der Waals surface area contributed by atoms with Crippen LogP contribution in [0.5, 0.6) is 0 Å². The number of nitrogens with one attached hydrogen (secondary N) is 1. The number of benzene rings is 1. The Morgan fingerprint density at radius 2 is 2.08 bits per heavy atom. The zero-order valence-corrected chi connectivity index (χ0v) is 16.0. The van der Waals surface area contributed by atoms with Gasteiger partial charge in [0.15, 0.2) is 4.96 Å². The second-order valence-electron chi connectivity index (χ2n) is 7.36. The first-order chi connectivity index (χ1) is 12.7. The second kappa shape index (κ2) is 6.21. The van der Waals surface area contributed by atoms with E-state index in [2.05, 4.69) is 52.5 Å². The number of nitrogens with zero attached hydrogens (tertiary/aromatic N) is 4. The van der Waals surface area contributed by atoms with Crippen LogP contribution >= 0.6 is 11.3 Å². The van der Waals surface area contributed by atoms with Crippen molar-refractivity contribution in [1.29, 1.82) is 0 Å². The molecule has 0 saturated carbocycles. The van der Waals surface area contributed by atoms with E-state index in [1.54, 1.807) is 11.3 Å². The molecule has 0 amide bonds. The highest BCUT2D eigenvalue weighted by Crippen LogP contribution is 2.34. The minimum Gasteiger partial charge on any atom is -0.317 e. The molecule has 4 aromatic rings. The van der Waals surface area contributed by atoms with Crippen molar-refractivity contribution >= 4 is 27.2 Å². The zero-order valence-electron chi connectivity index (χ0n) is 15.2. The molecule has 5 rings (SSSR count). The van der Waals surface area contributed by atoms with E-state index in [4.69, 9.17) is 4.98 Å². The molecule has 3 aromatic heterocycles. The fourth-order valence-corrected chi connectivity index (χ4v) is 4.99. The summed E-state index contributed by atoms with van der Waals surface area (Å²) in [4.78, 5) is 7.30. The maximum Gasteiger partial charge on any atom is 0.194 e. The molecule has 4 heterocycles. The van der Waals surface area contributed by atoms with Crippen LogP contribution in [-0.4, -0.2) is 32.3 Å². The van der Waals surface area contributed by atoms with Crippen LogP contribution in [0.3, 0.4) is 0 Å². The molecule has 5 nitrogen and oxygen atoms in total. The lowest BCUT2D eigenvalue weighted by Gasteiger charge is -2.09. The Kier molecular flexibility index (Phi) is 3.83. The molecule has 0 bridgehead atoms. The van der Waals surface area contributed by atoms with Crippen LogP contribution in [0.2, 0.25) is 0 Å². The van der Waals surface area contributed by atoms with E-state index >= 15 is 0 Å². The molecule has 1 saturated heterocycles. The molecular weight excluding hydrogens is 342 g/mol. The lowest BCUT2D eigenvalue weighted by molar-refractivity contribution is 0.597. The third-order valence-electron chi connectivity index (χ3n) is 5.37. The van der Waals surface area contributed by atoms with Crippen LogP contribution in [0, 0.1) is 6.92 Å². The Labute approximate surface area is 156 Å². The van der Waals surface area contributed by atoms with Crippen LogP contribution in [0.25, 0.3) is 26.3 Å². The highest BCUT2D eigenvalue weighted by molar-refractivity contribution is 7.20. The average Bonchev–Trinajstić information content (AvgIpc) is 3.21. The zero-order chi connectivity index (χ0) is 17.7. The fourth-order valence-electron chi connectivity index (χ4n) is 4.03. The quantitative estimate of drug-likeness (QED) is 0.581. The monoisotopic (exact) mass is 365 g/mol. The number of aryl methyl sites for hydroxylation is 2. The van der Waals surface area contributed by atoms with Crippen molar-refractivity contribution in [3.05, 3.63) is 42.0 Å². The Morgan fingerprint density at radius 1 is 1.15 bits per heavy atom. The van der Waals surface area contributed by atoms with Gasteiger partial charge in [0, 0.05) is 36.9 Å². The van der Waals surface area contributed by atoms with E-state index in [-0.39, 0.29) is 0 Å². The van der Waals surface area contributed by atoms with Gasteiger partial charge in [0.25, 0.3) is 0 Å². The first kappa shape index (κ1) is 16.0. The molecule has 134 valence electrons. The Balaban J connectivity index is 1.51. The molecule has 6 heteroatoms. The van der Waals surface area contributed by atoms with Crippen LogP contribution in [0.4, 0.5) is 0 Å². The van der Waals surface area contributed by atoms with Gasteiger partial charge in [-0.2, -0.15) is 5.10 Å². The van der Waals surface area contributed by atoms with Gasteiger partial charge in [-0.15, -0.1) is 0 Å². The predicted molar refractivity (Wildman–Crippen MR) is 107 cm³/mol. The van der Waals surface area contributed by atoms with Crippen molar-refractivity contribution < 1.29 is 0 Å². The summed E-state index contributed by atoms with van der Waals surface area (Å²) in [6, 6.07) is 4.47. The molecule has 1 aliphatic rings. The van der Waals surface area contributed by atoms with Gasteiger partial charge in [0.05, 0.1) is 16.1 Å². The normalized spacial score (nSPS) is 18.6. The molecule has 1 aliphatic heterocycles. The summed E-state index contributed by atoms with van der Waals surface area (Å²) in [6.45, 7) is 4.38. The summed E-state index contributed by atoms with van der Waals surface area (Å²) in [5.74, 6) is 0.592. The van der Waals surface area contributed by atoms with Gasteiger partial charge in [-0.1, -0.05) is 11.3 Å². The standard InChI is InChI=1S/C20H23N5S/c1-13-8-15(9-16-10-24(2)23-19(13)16)18-12-25-11-17(22-20(25)26-18)14-4-3-6-21-7-5-14/h8-12,14,21H,3-7H2,1-2H3/t14-/m1/s1. The highest BCUT2D eigenvalue weighted by atomic mass is 32.1. The third kappa shape index (κ3) is 2.73. The minimum atomic E-state index is 0.592. The molecule has 0 aliphatic carbocycles. The van der Waals surface area contributed by atoms with Gasteiger partial charge in [0.1, 0.15) is 0 Å². The maximum absolute atomic E-state index is 4.95. The number of aromatic nitrogens is 4. The van der Waals surface area contributed by atoms with E-state index in [1.165, 1.54) is 46.3 Å². The molecule has 0 spiro atoms. The number of thiazole rings is 1. The number of rotatable bonds is 2. The summed E-state index contributed by atoms with van der Waals surface area (Å²) in [6.07, 6.45) is 10.2. The second-order valence-corrected chi connectivity index (χ2v) is 8.37. The number of imidazole rings is 1. The van der Waals surface area contributed by atoms with E-state index in [1.807, 2.05) is 11.7 Å². The van der Waals surface area contributed by atoms with Crippen LogP contribution in [-0.2, 0) is 7.05 Å². The Hall–Kier alpha value is -2.18. The first-order valence-corrected chi connectivity index (χ1v) is 10.1. The van der Waals surface area contributed by atoms with Crippen molar-refractivity contribution in [1.82, 2.24) is 24.5 Å². The summed E-state index contributed by atoms with van der Waals surface area (Å²) in [7, 11) is 1.98. The minimum absolute atomic E-state index is 0.592. The third-order valence-corrected chi connectivity index (χ3v) is 6.41. The summed E-state index contributed by atoms with van der Waals surface area (Å²) >= 11 is 1.77. The van der Waals surface area contributed by atoms with Crippen molar-refractivity contribution in [3.8, 4) is 10.4 Å². The van der Waals surface area contributed by atoms with Crippen LogP contribution < -0.4 is 5.32 Å². The summed E-state index contributed by atoms with van der Waals surface area (Å²) in [5.41, 5.74) is 4.81. The van der Waals surface area contributed by atoms with E-state index < -0.39 is 0 Å². The van der Waals surface area contributed by atoms with Gasteiger partial charge < -0.3 is 5.32 Å². The van der Waals surface area contributed by atoms with Crippen molar-refractivity contribution in [2.45, 2.75) is 32.1 Å². The average molecular weight is 366 g/mol. The van der Waals surface area contributed by atoms with Gasteiger partial charge in [0.2, 0.25) is 0 Å². The van der Waals surface area contributed by atoms with E-state index in [0.717, 1.165) is 23.6 Å². The smallest absolute Gasteiger partial charge is 0.194 e. The number of hydrogen-bond acceptors (Lipinski definition) is 4. The van der Waals surface area contributed by atoms with Crippen LogP contribution in [0.1, 0.15) is 36.4 Å². The SMILES string of the molecule is Cc1cc(-c2cn3cc([C@@H]4CCCNCC4)nc3s2)cc2cn(C)nc12. The van der Waals surface area contributed by atoms with Crippen molar-refractivity contribution in [2.24, 2.45) is 7.05 Å². The Morgan fingerprint density at radius 3 is 2.96 bits per heavy atom. The van der Waals surface area contributed by atoms with Crippen molar-refractivity contribution in [3.63, 3.8) is 0 Å². The van der Waals surface area contributed by atoms with Crippen molar-refractivity contribution in [2.75, 3.05) is 13.1 Å². The number of hydrogen-bond donors (Lipinski definition) is 1. The van der Waals surface area contributed by atoms with E-state index in [0.29, 0.717) is 5.92 Å².